The van der Waals surface area contributed by atoms with Gasteiger partial charge in [-0.15, -0.1) is 11.3 Å². The molecule has 1 N–H and O–H groups in total. The van der Waals surface area contributed by atoms with Crippen LogP contribution in [0.5, 0.6) is 0 Å². The molecule has 0 aliphatic rings. The largest absolute Gasteiger partial charge is 0.377 e. The first kappa shape index (κ1) is 11.9. The molecule has 0 spiro atoms. The Morgan fingerprint density at radius 2 is 2.31 bits per heavy atom. The van der Waals surface area contributed by atoms with E-state index in [2.05, 4.69) is 31.6 Å². The van der Waals surface area contributed by atoms with E-state index in [4.69, 9.17) is 11.6 Å². The van der Waals surface area contributed by atoms with Crippen molar-refractivity contribution in [1.29, 1.82) is 0 Å². The number of thiophene rings is 1. The van der Waals surface area contributed by atoms with Crippen LogP contribution in [0.25, 0.3) is 0 Å². The van der Waals surface area contributed by atoms with Gasteiger partial charge in [0.05, 0.1) is 12.2 Å². The standard InChI is InChI=1S/C11H10BrClN2S/c1-7-2-4-14-11(13)10(7)15-6-9-8(12)3-5-16-9/h2-5,15H,6H2,1H3. The summed E-state index contributed by atoms with van der Waals surface area (Å²) in [5.74, 6) is 0. The summed E-state index contributed by atoms with van der Waals surface area (Å²) in [5, 5.41) is 5.89. The van der Waals surface area contributed by atoms with Crippen molar-refractivity contribution in [3.8, 4) is 0 Å². The van der Waals surface area contributed by atoms with Crippen molar-refractivity contribution in [1.82, 2.24) is 4.98 Å². The van der Waals surface area contributed by atoms with Crippen LogP contribution < -0.4 is 5.32 Å². The predicted octanol–water partition coefficient (Wildman–Crippen LogP) is 4.48. The maximum atomic E-state index is 6.03. The molecule has 5 heteroatoms. The summed E-state index contributed by atoms with van der Waals surface area (Å²) in [6, 6.07) is 3.98. The molecular weight excluding hydrogens is 308 g/mol. The molecule has 2 heterocycles. The first-order valence-corrected chi connectivity index (χ1v) is 6.80. The lowest BCUT2D eigenvalue weighted by Crippen LogP contribution is -2.01. The van der Waals surface area contributed by atoms with Crippen molar-refractivity contribution in [2.75, 3.05) is 5.32 Å². The molecule has 0 saturated carbocycles. The van der Waals surface area contributed by atoms with E-state index >= 15 is 0 Å². The summed E-state index contributed by atoms with van der Waals surface area (Å²) in [7, 11) is 0. The fourth-order valence-electron chi connectivity index (χ4n) is 1.36. The smallest absolute Gasteiger partial charge is 0.152 e. The van der Waals surface area contributed by atoms with Crippen LogP contribution in [-0.4, -0.2) is 4.98 Å². The van der Waals surface area contributed by atoms with E-state index < -0.39 is 0 Å². The number of rotatable bonds is 3. The van der Waals surface area contributed by atoms with Crippen molar-refractivity contribution in [2.45, 2.75) is 13.5 Å². The zero-order valence-electron chi connectivity index (χ0n) is 8.63. The van der Waals surface area contributed by atoms with Gasteiger partial charge in [-0.25, -0.2) is 4.98 Å². The Morgan fingerprint density at radius 3 is 2.94 bits per heavy atom. The Morgan fingerprint density at radius 1 is 1.50 bits per heavy atom. The third kappa shape index (κ3) is 2.56. The van der Waals surface area contributed by atoms with E-state index in [1.165, 1.54) is 4.88 Å². The summed E-state index contributed by atoms with van der Waals surface area (Å²) in [6.45, 7) is 2.77. The minimum absolute atomic E-state index is 0.521. The maximum absolute atomic E-state index is 6.03. The SMILES string of the molecule is Cc1ccnc(Cl)c1NCc1sccc1Br. The van der Waals surface area contributed by atoms with Gasteiger partial charge in [-0.05, 0) is 45.9 Å². The predicted molar refractivity (Wildman–Crippen MR) is 73.3 cm³/mol. The minimum Gasteiger partial charge on any atom is -0.377 e. The van der Waals surface area contributed by atoms with Crippen molar-refractivity contribution in [2.24, 2.45) is 0 Å². The van der Waals surface area contributed by atoms with Gasteiger partial charge < -0.3 is 5.32 Å². The van der Waals surface area contributed by atoms with E-state index in [0.29, 0.717) is 5.15 Å². The zero-order valence-corrected chi connectivity index (χ0v) is 11.8. The van der Waals surface area contributed by atoms with Crippen molar-refractivity contribution < 1.29 is 0 Å². The van der Waals surface area contributed by atoms with Gasteiger partial charge in [0.1, 0.15) is 0 Å². The fourth-order valence-corrected chi connectivity index (χ4v) is 3.06. The van der Waals surface area contributed by atoms with Crippen LogP contribution in [0.3, 0.4) is 0 Å². The van der Waals surface area contributed by atoms with Crippen LogP contribution in [0.4, 0.5) is 5.69 Å². The molecule has 0 radical (unpaired) electrons. The van der Waals surface area contributed by atoms with Gasteiger partial charge in [-0.2, -0.15) is 0 Å². The molecule has 0 atom stereocenters. The Bertz CT molecular complexity index is 478. The maximum Gasteiger partial charge on any atom is 0.152 e. The van der Waals surface area contributed by atoms with Crippen LogP contribution in [0, 0.1) is 6.92 Å². The topological polar surface area (TPSA) is 24.9 Å². The number of pyridine rings is 1. The van der Waals surface area contributed by atoms with E-state index in [0.717, 1.165) is 22.3 Å². The molecule has 0 amide bonds. The van der Waals surface area contributed by atoms with E-state index in [9.17, 15) is 0 Å². The van der Waals surface area contributed by atoms with E-state index in [-0.39, 0.29) is 0 Å². The lowest BCUT2D eigenvalue weighted by atomic mass is 10.2. The number of halogens is 2. The highest BCUT2D eigenvalue weighted by Crippen LogP contribution is 2.27. The molecule has 16 heavy (non-hydrogen) atoms. The molecule has 0 unspecified atom stereocenters. The highest BCUT2D eigenvalue weighted by Gasteiger charge is 2.06. The summed E-state index contributed by atoms with van der Waals surface area (Å²) >= 11 is 11.2. The lowest BCUT2D eigenvalue weighted by Gasteiger charge is -2.09. The van der Waals surface area contributed by atoms with Gasteiger partial charge >= 0.3 is 0 Å². The van der Waals surface area contributed by atoms with Crippen molar-refractivity contribution in [3.63, 3.8) is 0 Å². The summed E-state index contributed by atoms with van der Waals surface area (Å²) in [4.78, 5) is 5.31. The monoisotopic (exact) mass is 316 g/mol. The average molecular weight is 318 g/mol. The Hall–Kier alpha value is -0.580. The number of hydrogen-bond acceptors (Lipinski definition) is 3. The second-order valence-electron chi connectivity index (χ2n) is 3.34. The highest BCUT2D eigenvalue weighted by molar-refractivity contribution is 9.10. The van der Waals surface area contributed by atoms with Gasteiger partial charge in [0.2, 0.25) is 0 Å². The second-order valence-corrected chi connectivity index (χ2v) is 5.55. The van der Waals surface area contributed by atoms with Crippen LogP contribution in [0.2, 0.25) is 5.15 Å². The fraction of sp³-hybridized carbons (Fsp3) is 0.182. The van der Waals surface area contributed by atoms with Gasteiger partial charge in [0.15, 0.2) is 5.15 Å². The second kappa shape index (κ2) is 5.17. The number of hydrogen-bond donors (Lipinski definition) is 1. The minimum atomic E-state index is 0.521. The molecule has 0 fully saturated rings. The Kier molecular flexibility index (Phi) is 3.84. The molecule has 2 aromatic rings. The van der Waals surface area contributed by atoms with E-state index in [1.54, 1.807) is 17.5 Å². The number of nitrogens with zero attached hydrogens (tertiary/aromatic N) is 1. The Labute approximate surface area is 112 Å². The van der Waals surface area contributed by atoms with Crippen LogP contribution in [0.1, 0.15) is 10.4 Å². The van der Waals surface area contributed by atoms with Gasteiger partial charge in [0.25, 0.3) is 0 Å². The average Bonchev–Trinajstić information content (AvgIpc) is 2.64. The molecule has 2 nitrogen and oxygen atoms in total. The quantitative estimate of drug-likeness (QED) is 0.844. The van der Waals surface area contributed by atoms with Crippen molar-refractivity contribution >= 4 is 44.6 Å². The first-order chi connectivity index (χ1) is 7.68. The molecule has 0 aromatic carbocycles. The van der Waals surface area contributed by atoms with Gasteiger partial charge in [-0.3, -0.25) is 0 Å². The molecule has 84 valence electrons. The molecule has 0 saturated heterocycles. The highest BCUT2D eigenvalue weighted by atomic mass is 79.9. The molecule has 0 aliphatic heterocycles. The zero-order chi connectivity index (χ0) is 11.5. The van der Waals surface area contributed by atoms with Crippen molar-refractivity contribution in [3.05, 3.63) is 43.8 Å². The number of aromatic nitrogens is 1. The summed E-state index contributed by atoms with van der Waals surface area (Å²) in [5.41, 5.74) is 2.01. The molecule has 2 rings (SSSR count). The van der Waals surface area contributed by atoms with Crippen LogP contribution in [-0.2, 0) is 6.54 Å². The van der Waals surface area contributed by atoms with E-state index in [1.807, 2.05) is 19.1 Å². The van der Waals surface area contributed by atoms with Gasteiger partial charge in [0, 0.05) is 15.5 Å². The van der Waals surface area contributed by atoms with Crippen LogP contribution in [0.15, 0.2) is 28.2 Å². The number of anilines is 1. The Balaban J connectivity index is 2.14. The molecular formula is C11H10BrClN2S. The third-order valence-electron chi connectivity index (χ3n) is 2.23. The number of aryl methyl sites for hydroxylation is 1. The summed E-state index contributed by atoms with van der Waals surface area (Å²) in [6.07, 6.45) is 1.71. The lowest BCUT2D eigenvalue weighted by molar-refractivity contribution is 1.15. The van der Waals surface area contributed by atoms with Crippen LogP contribution >= 0.6 is 38.9 Å². The molecule has 2 aromatic heterocycles. The van der Waals surface area contributed by atoms with Gasteiger partial charge in [-0.1, -0.05) is 11.6 Å². The normalized spacial score (nSPS) is 10.4. The first-order valence-electron chi connectivity index (χ1n) is 4.75. The summed E-state index contributed by atoms with van der Waals surface area (Å²) < 4.78 is 1.13. The molecule has 0 aliphatic carbocycles. The number of nitrogens with one attached hydrogen (secondary N) is 1. The molecule has 0 bridgehead atoms. The third-order valence-corrected chi connectivity index (χ3v) is 4.44.